The van der Waals surface area contributed by atoms with Crippen molar-refractivity contribution < 1.29 is 4.70 Å². The molecule has 0 N–H and O–H groups in total. The maximum atomic E-state index is 2.04. The molecule has 0 atom stereocenters. The van der Waals surface area contributed by atoms with Crippen molar-refractivity contribution in [1.29, 1.82) is 0 Å². The van der Waals surface area contributed by atoms with Gasteiger partial charge in [-0.2, -0.15) is 11.8 Å². The molecule has 0 aliphatic carbocycles. The molecule has 0 radical (unpaired) electrons. The molecule has 0 nitrogen and oxygen atoms in total. The third-order valence-corrected chi connectivity index (χ3v) is 0. The minimum atomic E-state index is 0. The Morgan fingerprint density at radius 3 is 1.25 bits per heavy atom. The molecule has 0 rings (SSSR count). The van der Waals surface area contributed by atoms with E-state index in [1.54, 1.807) is 11.8 Å². The van der Waals surface area contributed by atoms with Crippen molar-refractivity contribution in [3.63, 3.8) is 0 Å². The van der Waals surface area contributed by atoms with E-state index in [0.29, 0.717) is 0 Å². The van der Waals surface area contributed by atoms with Gasteiger partial charge in [0.25, 0.3) is 0 Å². The fourth-order valence-electron chi connectivity index (χ4n) is 0. The Kier molecular flexibility index (Phi) is 23.0. The van der Waals surface area contributed by atoms with Gasteiger partial charge in [-0.25, -0.2) is 0 Å². The van der Waals surface area contributed by atoms with Crippen molar-refractivity contribution in [3.8, 4) is 0 Å². The summed E-state index contributed by atoms with van der Waals surface area (Å²) in [7, 11) is 0. The maximum absolute atomic E-state index is 2.04. The summed E-state index contributed by atoms with van der Waals surface area (Å²) >= 11 is 1.75. The van der Waals surface area contributed by atoms with Crippen molar-refractivity contribution in [2.24, 2.45) is 0 Å². The van der Waals surface area contributed by atoms with Crippen LogP contribution >= 0.6 is 11.8 Å². The molecule has 0 aromatic heterocycles. The van der Waals surface area contributed by atoms with Crippen molar-refractivity contribution in [2.75, 3.05) is 12.5 Å². The van der Waals surface area contributed by atoms with Crippen LogP contribution in [0.2, 0.25) is 0 Å². The fraction of sp³-hybridized carbons (Fsp3) is 1.00. The number of halogens is 1. The third-order valence-electron chi connectivity index (χ3n) is 0. The van der Waals surface area contributed by atoms with Gasteiger partial charge in [0.15, 0.2) is 0 Å². The molecular weight excluding hydrogens is 75.1 g/mol. The fourth-order valence-corrected chi connectivity index (χ4v) is 0. The van der Waals surface area contributed by atoms with E-state index in [1.807, 2.05) is 12.5 Å². The van der Waals surface area contributed by atoms with Crippen LogP contribution in [0.15, 0.2) is 0 Å². The van der Waals surface area contributed by atoms with Gasteiger partial charge >= 0.3 is 0 Å². The van der Waals surface area contributed by atoms with Gasteiger partial charge in [-0.05, 0) is 12.5 Å². The lowest BCUT2D eigenvalue weighted by atomic mass is 11.9. The summed E-state index contributed by atoms with van der Waals surface area (Å²) in [4.78, 5) is 0. The Morgan fingerprint density at radius 1 is 1.25 bits per heavy atom. The van der Waals surface area contributed by atoms with Crippen molar-refractivity contribution >= 4 is 11.8 Å². The molecule has 0 bridgehead atoms. The minimum Gasteiger partial charge on any atom is -0.269 e. The molecule has 28 valence electrons. The highest BCUT2D eigenvalue weighted by Gasteiger charge is 1.32. The van der Waals surface area contributed by atoms with E-state index < -0.39 is 0 Å². The van der Waals surface area contributed by atoms with E-state index in [-0.39, 0.29) is 4.70 Å². The smallest absolute Gasteiger partial charge is 0.0187 e. The summed E-state index contributed by atoms with van der Waals surface area (Å²) < 4.78 is 0. The summed E-state index contributed by atoms with van der Waals surface area (Å²) in [6.07, 6.45) is 4.08. The first-order valence-electron chi connectivity index (χ1n) is 0.816. The van der Waals surface area contributed by atoms with Gasteiger partial charge in [0.2, 0.25) is 0 Å². The van der Waals surface area contributed by atoms with Crippen LogP contribution < -0.4 is 0 Å². The van der Waals surface area contributed by atoms with Crippen LogP contribution in [0.25, 0.3) is 0 Å². The molecule has 0 aromatic carbocycles. The quantitative estimate of drug-likeness (QED) is 0.422. The van der Waals surface area contributed by atoms with Gasteiger partial charge in [-0.3, -0.25) is 4.70 Å². The van der Waals surface area contributed by atoms with Crippen LogP contribution in [0.5, 0.6) is 0 Å². The zero-order valence-electron chi connectivity index (χ0n) is 2.82. The largest absolute Gasteiger partial charge is 0.269 e. The van der Waals surface area contributed by atoms with Gasteiger partial charge in [0, 0.05) is 0 Å². The molecule has 0 aliphatic rings. The van der Waals surface area contributed by atoms with Crippen molar-refractivity contribution in [2.45, 2.75) is 0 Å². The first-order chi connectivity index (χ1) is 1.41. The Bertz CT molecular complexity index is 6.00. The zero-order valence-corrected chi connectivity index (χ0v) is 3.63. The second-order valence-electron chi connectivity index (χ2n) is 0.408. The average Bonchev–Trinajstić information content (AvgIpc) is 0.918. The first kappa shape index (κ1) is 8.86. The van der Waals surface area contributed by atoms with Crippen molar-refractivity contribution in [1.82, 2.24) is 0 Å². The van der Waals surface area contributed by atoms with E-state index in [2.05, 4.69) is 0 Å². The molecular formula is C2H7FS. The standard InChI is InChI=1S/C2H6S.FH/c1-3-2;/h1-2H3;1H. The molecule has 0 aliphatic heterocycles. The van der Waals surface area contributed by atoms with Crippen LogP contribution in [0.1, 0.15) is 0 Å². The SMILES string of the molecule is CSC.F. The predicted octanol–water partition coefficient (Wildman–Crippen LogP) is 1.13. The molecule has 0 unspecified atom stereocenters. The van der Waals surface area contributed by atoms with Crippen LogP contribution in [0.3, 0.4) is 0 Å². The van der Waals surface area contributed by atoms with E-state index in [1.165, 1.54) is 0 Å². The lowest BCUT2D eigenvalue weighted by molar-refractivity contribution is 1.11. The monoisotopic (exact) mass is 82.0 g/mol. The van der Waals surface area contributed by atoms with Gasteiger partial charge < -0.3 is 0 Å². The summed E-state index contributed by atoms with van der Waals surface area (Å²) in [5, 5.41) is 0. The lowest BCUT2D eigenvalue weighted by Gasteiger charge is -1.51. The summed E-state index contributed by atoms with van der Waals surface area (Å²) in [6.45, 7) is 0. The molecule has 0 fully saturated rings. The molecule has 0 aromatic rings. The molecule has 0 amide bonds. The Morgan fingerprint density at radius 2 is 1.25 bits per heavy atom. The molecule has 0 saturated heterocycles. The number of rotatable bonds is 0. The van der Waals surface area contributed by atoms with E-state index >= 15 is 0 Å². The van der Waals surface area contributed by atoms with Gasteiger partial charge in [-0.15, -0.1) is 0 Å². The third kappa shape index (κ3) is 47.6. The van der Waals surface area contributed by atoms with Gasteiger partial charge in [-0.1, -0.05) is 0 Å². The van der Waals surface area contributed by atoms with Crippen LogP contribution in [-0.2, 0) is 0 Å². The molecule has 2 heteroatoms. The Hall–Kier alpha value is 0.280. The van der Waals surface area contributed by atoms with Gasteiger partial charge in [0.05, 0.1) is 0 Å². The summed E-state index contributed by atoms with van der Waals surface area (Å²) in [5.74, 6) is 0. The molecule has 0 spiro atoms. The topological polar surface area (TPSA) is 0 Å². The predicted molar refractivity (Wildman–Crippen MR) is 21.9 cm³/mol. The molecule has 4 heavy (non-hydrogen) atoms. The number of hydrogen-bond acceptors (Lipinski definition) is 1. The molecule has 0 saturated carbocycles. The van der Waals surface area contributed by atoms with E-state index in [4.69, 9.17) is 0 Å². The highest BCUT2D eigenvalue weighted by atomic mass is 32.2. The second kappa shape index (κ2) is 10.4. The van der Waals surface area contributed by atoms with E-state index in [9.17, 15) is 0 Å². The number of hydrogen-bond donors (Lipinski definition) is 0. The summed E-state index contributed by atoms with van der Waals surface area (Å²) in [6, 6.07) is 0. The van der Waals surface area contributed by atoms with Crippen LogP contribution in [0.4, 0.5) is 4.70 Å². The normalized spacial score (nSPS) is 4.50. The lowest BCUT2D eigenvalue weighted by Crippen LogP contribution is -1.25. The Balaban J connectivity index is 0. The van der Waals surface area contributed by atoms with Crippen molar-refractivity contribution in [3.05, 3.63) is 0 Å². The molecule has 0 heterocycles. The number of thioether (sulfide) groups is 1. The van der Waals surface area contributed by atoms with Crippen LogP contribution in [-0.4, -0.2) is 12.5 Å². The summed E-state index contributed by atoms with van der Waals surface area (Å²) in [5.41, 5.74) is 0. The highest BCUT2D eigenvalue weighted by Crippen LogP contribution is 1.70. The van der Waals surface area contributed by atoms with E-state index in [0.717, 1.165) is 0 Å². The Labute approximate surface area is 30.0 Å². The zero-order chi connectivity index (χ0) is 2.71. The van der Waals surface area contributed by atoms with Crippen LogP contribution in [0, 0.1) is 0 Å². The highest BCUT2D eigenvalue weighted by molar-refractivity contribution is 7.97. The second-order valence-corrected chi connectivity index (χ2v) is 1.22. The average molecular weight is 82.1 g/mol. The first-order valence-corrected chi connectivity index (χ1v) is 2.45. The van der Waals surface area contributed by atoms with Gasteiger partial charge in [0.1, 0.15) is 0 Å². The minimum absolute atomic E-state index is 0. The maximum Gasteiger partial charge on any atom is -0.0187 e.